The first-order valence-electron chi connectivity index (χ1n) is 6.77. The summed E-state index contributed by atoms with van der Waals surface area (Å²) < 4.78 is 43.4. The van der Waals surface area contributed by atoms with E-state index >= 15 is 0 Å². The van der Waals surface area contributed by atoms with E-state index < -0.39 is 11.9 Å². The minimum absolute atomic E-state index is 0.116. The van der Waals surface area contributed by atoms with Crippen molar-refractivity contribution in [3.8, 4) is 0 Å². The van der Waals surface area contributed by atoms with Gasteiger partial charge in [-0.2, -0.15) is 18.3 Å². The third-order valence-corrected chi connectivity index (χ3v) is 3.05. The smallest absolute Gasteiger partial charge is 0.435 e. The number of hydrogen-bond donors (Lipinski definition) is 1. The van der Waals surface area contributed by atoms with Crippen LogP contribution in [-0.2, 0) is 23.9 Å². The topological polar surface area (TPSA) is 60.1 Å². The minimum Gasteiger partial charge on any atom is -0.469 e. The number of amides is 1. The number of nitrogens with one attached hydrogen (secondary N) is 1. The van der Waals surface area contributed by atoms with E-state index in [1.54, 1.807) is 12.3 Å². The van der Waals surface area contributed by atoms with E-state index in [0.29, 0.717) is 12.8 Å². The summed E-state index contributed by atoms with van der Waals surface area (Å²) in [4.78, 5) is 11.8. The quantitative estimate of drug-likeness (QED) is 0.891. The molecule has 1 N–H and O–H groups in total. The second kappa shape index (κ2) is 6.67. The van der Waals surface area contributed by atoms with Crippen molar-refractivity contribution in [2.45, 2.75) is 38.5 Å². The molecule has 22 heavy (non-hydrogen) atoms. The largest absolute Gasteiger partial charge is 0.469 e. The highest BCUT2D eigenvalue weighted by Gasteiger charge is 2.33. The Morgan fingerprint density at radius 2 is 2.23 bits per heavy atom. The molecule has 2 aromatic heterocycles. The van der Waals surface area contributed by atoms with Crippen molar-refractivity contribution < 1.29 is 22.4 Å². The van der Waals surface area contributed by atoms with Crippen LogP contribution in [0, 0.1) is 0 Å². The number of carbonyl (C=O) groups excluding carboxylic acids is 1. The molecule has 2 heterocycles. The molecule has 0 aliphatic rings. The van der Waals surface area contributed by atoms with Gasteiger partial charge in [-0.15, -0.1) is 0 Å². The lowest BCUT2D eigenvalue weighted by atomic mass is 10.1. The number of rotatable bonds is 6. The van der Waals surface area contributed by atoms with Crippen LogP contribution in [0.5, 0.6) is 0 Å². The molecule has 0 aromatic carbocycles. The van der Waals surface area contributed by atoms with Crippen LogP contribution in [0.3, 0.4) is 0 Å². The highest BCUT2D eigenvalue weighted by Crippen LogP contribution is 2.27. The summed E-state index contributed by atoms with van der Waals surface area (Å²) in [5, 5.41) is 6.05. The van der Waals surface area contributed by atoms with Gasteiger partial charge in [0.1, 0.15) is 12.3 Å². The van der Waals surface area contributed by atoms with Gasteiger partial charge in [0.25, 0.3) is 0 Å². The summed E-state index contributed by atoms with van der Waals surface area (Å²) in [6.07, 6.45) is -0.441. The van der Waals surface area contributed by atoms with Crippen molar-refractivity contribution in [1.29, 1.82) is 0 Å². The first kappa shape index (κ1) is 16.1. The van der Waals surface area contributed by atoms with E-state index in [1.807, 2.05) is 13.0 Å². The van der Waals surface area contributed by atoms with Crippen LogP contribution in [0.15, 0.2) is 35.1 Å². The molecule has 0 fully saturated rings. The molecule has 5 nitrogen and oxygen atoms in total. The Morgan fingerprint density at radius 3 is 2.82 bits per heavy atom. The standard InChI is InChI=1S/C14H16F3N3O2/c1-10(4-5-11-3-2-8-22-11)18-13(21)9-20-7-6-12(19-20)14(15,16)17/h2-3,6-8,10H,4-5,9H2,1H3,(H,18,21)/t10-/m0/s1. The number of halogens is 3. The molecule has 0 saturated carbocycles. The Bertz CT molecular complexity index is 605. The molecule has 2 aromatic rings. The van der Waals surface area contributed by atoms with Gasteiger partial charge in [-0.25, -0.2) is 0 Å². The van der Waals surface area contributed by atoms with Crippen molar-refractivity contribution in [2.75, 3.05) is 0 Å². The van der Waals surface area contributed by atoms with Crippen molar-refractivity contribution >= 4 is 5.91 Å². The van der Waals surface area contributed by atoms with Gasteiger partial charge in [0, 0.05) is 18.7 Å². The zero-order chi connectivity index (χ0) is 16.2. The predicted molar refractivity (Wildman–Crippen MR) is 71.9 cm³/mol. The minimum atomic E-state index is -4.50. The fourth-order valence-corrected chi connectivity index (χ4v) is 1.95. The summed E-state index contributed by atoms with van der Waals surface area (Å²) in [7, 11) is 0. The Kier molecular flexibility index (Phi) is 4.89. The van der Waals surface area contributed by atoms with Crippen LogP contribution in [0.25, 0.3) is 0 Å². The molecule has 0 bridgehead atoms. The fraction of sp³-hybridized carbons (Fsp3) is 0.429. The van der Waals surface area contributed by atoms with Gasteiger partial charge in [-0.05, 0) is 31.5 Å². The average molecular weight is 315 g/mol. The first-order chi connectivity index (χ1) is 10.3. The predicted octanol–water partition coefficient (Wildman–Crippen LogP) is 2.63. The number of nitrogens with zero attached hydrogens (tertiary/aromatic N) is 2. The fourth-order valence-electron chi connectivity index (χ4n) is 1.95. The van der Waals surface area contributed by atoms with Crippen LogP contribution in [0.4, 0.5) is 13.2 Å². The summed E-state index contributed by atoms with van der Waals surface area (Å²) >= 11 is 0. The molecule has 0 aliphatic carbocycles. The maximum absolute atomic E-state index is 12.4. The molecule has 1 atom stereocenters. The molecule has 0 spiro atoms. The third kappa shape index (κ3) is 4.64. The van der Waals surface area contributed by atoms with Crippen LogP contribution >= 0.6 is 0 Å². The summed E-state index contributed by atoms with van der Waals surface area (Å²) in [6, 6.07) is 4.36. The highest BCUT2D eigenvalue weighted by molar-refractivity contribution is 5.75. The molecule has 120 valence electrons. The van der Waals surface area contributed by atoms with E-state index in [4.69, 9.17) is 4.42 Å². The number of alkyl halides is 3. The Labute approximate surface area is 125 Å². The van der Waals surface area contributed by atoms with Gasteiger partial charge in [-0.1, -0.05) is 0 Å². The molecule has 0 radical (unpaired) electrons. The van der Waals surface area contributed by atoms with E-state index in [0.717, 1.165) is 22.7 Å². The number of aryl methyl sites for hydroxylation is 1. The van der Waals surface area contributed by atoms with Gasteiger partial charge in [0.2, 0.25) is 5.91 Å². The summed E-state index contributed by atoms with van der Waals surface area (Å²) in [5.41, 5.74) is -1.01. The summed E-state index contributed by atoms with van der Waals surface area (Å²) in [6.45, 7) is 1.58. The van der Waals surface area contributed by atoms with Crippen LogP contribution < -0.4 is 5.32 Å². The van der Waals surface area contributed by atoms with Crippen molar-refractivity contribution in [3.63, 3.8) is 0 Å². The monoisotopic (exact) mass is 315 g/mol. The number of carbonyl (C=O) groups is 1. The molecular weight excluding hydrogens is 299 g/mol. The van der Waals surface area contributed by atoms with Crippen molar-refractivity contribution in [3.05, 3.63) is 42.1 Å². The van der Waals surface area contributed by atoms with Crippen molar-refractivity contribution in [1.82, 2.24) is 15.1 Å². The van der Waals surface area contributed by atoms with Gasteiger partial charge in [-0.3, -0.25) is 9.48 Å². The van der Waals surface area contributed by atoms with Crippen molar-refractivity contribution in [2.24, 2.45) is 0 Å². The highest BCUT2D eigenvalue weighted by atomic mass is 19.4. The lowest BCUT2D eigenvalue weighted by molar-refractivity contribution is -0.141. The van der Waals surface area contributed by atoms with Gasteiger partial charge < -0.3 is 9.73 Å². The molecule has 0 unspecified atom stereocenters. The normalized spacial score (nSPS) is 13.1. The van der Waals surface area contributed by atoms with E-state index in [1.165, 1.54) is 0 Å². The first-order valence-corrected chi connectivity index (χ1v) is 6.77. The third-order valence-electron chi connectivity index (χ3n) is 3.05. The van der Waals surface area contributed by atoms with Crippen LogP contribution in [0.2, 0.25) is 0 Å². The Hall–Kier alpha value is -2.25. The number of hydrogen-bond acceptors (Lipinski definition) is 3. The molecule has 8 heteroatoms. The Balaban J connectivity index is 1.78. The second-order valence-corrected chi connectivity index (χ2v) is 4.98. The van der Waals surface area contributed by atoms with Crippen LogP contribution in [-0.4, -0.2) is 21.7 Å². The SMILES string of the molecule is C[C@@H](CCc1ccco1)NC(=O)Cn1ccc(C(F)(F)F)n1. The van der Waals surface area contributed by atoms with Crippen LogP contribution in [0.1, 0.15) is 24.8 Å². The summed E-state index contributed by atoms with van der Waals surface area (Å²) in [5.74, 6) is 0.437. The van der Waals surface area contributed by atoms with Gasteiger partial charge in [0.05, 0.1) is 6.26 Å². The second-order valence-electron chi connectivity index (χ2n) is 4.98. The average Bonchev–Trinajstić information content (AvgIpc) is 3.05. The van der Waals surface area contributed by atoms with Gasteiger partial charge >= 0.3 is 6.18 Å². The van der Waals surface area contributed by atoms with Gasteiger partial charge in [0.15, 0.2) is 5.69 Å². The zero-order valence-electron chi connectivity index (χ0n) is 11.9. The molecule has 0 aliphatic heterocycles. The molecular formula is C14H16F3N3O2. The van der Waals surface area contributed by atoms with E-state index in [9.17, 15) is 18.0 Å². The number of aromatic nitrogens is 2. The molecule has 0 saturated heterocycles. The Morgan fingerprint density at radius 1 is 1.45 bits per heavy atom. The number of furan rings is 1. The molecule has 2 rings (SSSR count). The lowest BCUT2D eigenvalue weighted by Gasteiger charge is -2.13. The van der Waals surface area contributed by atoms with E-state index in [2.05, 4.69) is 10.4 Å². The van der Waals surface area contributed by atoms with E-state index in [-0.39, 0.29) is 18.5 Å². The lowest BCUT2D eigenvalue weighted by Crippen LogP contribution is -2.35. The maximum Gasteiger partial charge on any atom is 0.435 e. The maximum atomic E-state index is 12.4. The molecule has 1 amide bonds. The zero-order valence-corrected chi connectivity index (χ0v) is 11.9.